The van der Waals surface area contributed by atoms with Gasteiger partial charge in [0.05, 0.1) is 24.0 Å². The lowest BCUT2D eigenvalue weighted by atomic mass is 10.0. The van der Waals surface area contributed by atoms with Gasteiger partial charge in [0.1, 0.15) is 28.0 Å². The predicted molar refractivity (Wildman–Crippen MR) is 229 cm³/mol. The molecule has 6 aromatic heterocycles. The van der Waals surface area contributed by atoms with E-state index in [0.717, 1.165) is 21.9 Å². The first-order chi connectivity index (χ1) is 30.0. The van der Waals surface area contributed by atoms with Crippen LogP contribution in [0.25, 0.3) is 44.6 Å². The molecule has 0 aliphatic rings. The third-order valence-electron chi connectivity index (χ3n) is 9.49. The number of nitrogens with zero attached hydrogens (tertiary/aromatic N) is 9. The van der Waals surface area contributed by atoms with E-state index in [-0.39, 0.29) is 57.3 Å². The molecule has 0 unspecified atom stereocenters. The van der Waals surface area contributed by atoms with Crippen LogP contribution in [-0.2, 0) is 7.05 Å². The summed E-state index contributed by atoms with van der Waals surface area (Å²) in [4.78, 5) is 38.1. The summed E-state index contributed by atoms with van der Waals surface area (Å²) >= 11 is 7.51. The number of benzene rings is 3. The molecule has 0 radical (unpaired) electrons. The summed E-state index contributed by atoms with van der Waals surface area (Å²) in [5.74, 6) is -2.60. The van der Waals surface area contributed by atoms with Crippen LogP contribution in [0.2, 0.25) is 5.02 Å². The number of aromatic nitrogens is 9. The van der Waals surface area contributed by atoms with Crippen molar-refractivity contribution in [1.82, 2.24) is 44.1 Å². The lowest BCUT2D eigenvalue weighted by molar-refractivity contribution is 0.102. The molecule has 0 saturated heterocycles. The van der Waals surface area contributed by atoms with Gasteiger partial charge >= 0.3 is 0 Å². The molecule has 0 saturated carbocycles. The van der Waals surface area contributed by atoms with E-state index in [1.807, 2.05) is 30.3 Å². The Labute approximate surface area is 358 Å². The number of pyridine rings is 3. The molecule has 9 rings (SSSR count). The molecule has 0 fully saturated rings. The molecule has 0 aliphatic heterocycles. The van der Waals surface area contributed by atoms with E-state index in [2.05, 4.69) is 30.6 Å². The number of halogens is 3. The van der Waals surface area contributed by atoms with Crippen molar-refractivity contribution in [3.63, 3.8) is 0 Å². The predicted octanol–water partition coefficient (Wildman–Crippen LogP) is 8.39. The molecular formula is C43H30ClF2N11O4S. The van der Waals surface area contributed by atoms with Gasteiger partial charge in [0.15, 0.2) is 23.0 Å². The SMILES string of the molecule is CCOc1c(-c2cc(-c3cnn(C)c3)nn3c(Sc4ccc5ncccc5c4)nnc23)cn(-c2ccc(F)cc2)c(=O)c1C(=O)Nc1ccc(Oc2ccnc(N)c2Cl)c(F)c1. The molecule has 6 heterocycles. The van der Waals surface area contributed by atoms with Crippen LogP contribution in [0.5, 0.6) is 17.2 Å². The molecule has 15 nitrogen and oxygen atoms in total. The maximum atomic E-state index is 15.5. The highest BCUT2D eigenvalue weighted by molar-refractivity contribution is 7.99. The van der Waals surface area contributed by atoms with Crippen LogP contribution in [0.1, 0.15) is 17.3 Å². The fraction of sp³-hybridized carbons (Fsp3) is 0.0698. The first-order valence-electron chi connectivity index (χ1n) is 18.7. The average Bonchev–Trinajstić information content (AvgIpc) is 3.89. The van der Waals surface area contributed by atoms with Crippen LogP contribution in [0.15, 0.2) is 131 Å². The Morgan fingerprint density at radius 3 is 2.55 bits per heavy atom. The number of nitrogens with one attached hydrogen (secondary N) is 1. The second kappa shape index (κ2) is 16.4. The number of carbonyl (C=O) groups is 1. The zero-order valence-electron chi connectivity index (χ0n) is 32.5. The number of anilines is 2. The molecule has 1 amide bonds. The van der Waals surface area contributed by atoms with E-state index in [4.69, 9.17) is 31.9 Å². The van der Waals surface area contributed by atoms with Crippen LogP contribution in [0.3, 0.4) is 0 Å². The average molecular weight is 870 g/mol. The molecule has 19 heteroatoms. The summed E-state index contributed by atoms with van der Waals surface area (Å²) in [7, 11) is 1.77. The zero-order valence-corrected chi connectivity index (χ0v) is 34.0. The number of hydrogen-bond acceptors (Lipinski definition) is 12. The van der Waals surface area contributed by atoms with Gasteiger partial charge in [0.2, 0.25) is 5.16 Å². The molecule has 62 heavy (non-hydrogen) atoms. The van der Waals surface area contributed by atoms with Crippen molar-refractivity contribution in [3.8, 4) is 45.3 Å². The standard InChI is InChI=1S/C43H30ClF2N11O4S/c1-3-60-38-30(29-19-33(24-20-50-55(2)21-24)54-57-40(29)52-53-43(57)62-28-11-12-32-23(17-28)5-4-15-48-32)22-56(27-9-6-25(45)7-10-27)42(59)36(38)41(58)51-26-8-13-34(31(46)18-26)61-35-14-16-49-39(47)37(35)44/h4-22H,3H2,1-2H3,(H2,47,49)(H,51,58). The Balaban J connectivity index is 1.20. The second-order valence-electron chi connectivity index (χ2n) is 13.6. The normalized spacial score (nSPS) is 11.3. The smallest absolute Gasteiger partial charge is 0.271 e. The summed E-state index contributed by atoms with van der Waals surface area (Å²) < 4.78 is 46.0. The molecular weight excluding hydrogens is 840 g/mol. The Hall–Kier alpha value is -7.70. The number of ether oxygens (including phenoxy) is 2. The van der Waals surface area contributed by atoms with Crippen molar-refractivity contribution >= 4 is 57.3 Å². The van der Waals surface area contributed by atoms with Gasteiger partial charge in [-0.15, -0.1) is 10.2 Å². The van der Waals surface area contributed by atoms with Crippen molar-refractivity contribution in [2.75, 3.05) is 17.7 Å². The number of aryl methyl sites for hydroxylation is 1. The summed E-state index contributed by atoms with van der Waals surface area (Å²) in [6.07, 6.45) is 7.99. The topological polar surface area (TPSA) is 182 Å². The molecule has 308 valence electrons. The van der Waals surface area contributed by atoms with Crippen molar-refractivity contribution < 1.29 is 23.0 Å². The van der Waals surface area contributed by atoms with Crippen molar-refractivity contribution in [1.29, 1.82) is 0 Å². The van der Waals surface area contributed by atoms with Gasteiger partial charge in [0.25, 0.3) is 11.5 Å². The van der Waals surface area contributed by atoms with E-state index in [0.29, 0.717) is 22.0 Å². The van der Waals surface area contributed by atoms with Gasteiger partial charge in [-0.2, -0.15) is 14.7 Å². The highest BCUT2D eigenvalue weighted by atomic mass is 35.5. The quantitative estimate of drug-likeness (QED) is 0.127. The number of fused-ring (bicyclic) bond motifs is 2. The van der Waals surface area contributed by atoms with Gasteiger partial charge in [-0.1, -0.05) is 17.7 Å². The van der Waals surface area contributed by atoms with Crippen LogP contribution < -0.4 is 26.1 Å². The van der Waals surface area contributed by atoms with Crippen molar-refractivity contribution in [2.45, 2.75) is 17.0 Å². The molecule has 3 N–H and O–H groups in total. The molecule has 0 aliphatic carbocycles. The summed E-state index contributed by atoms with van der Waals surface area (Å²) in [5.41, 5.74) is 7.52. The number of hydrogen-bond donors (Lipinski definition) is 2. The van der Waals surface area contributed by atoms with Gasteiger partial charge in [0, 0.05) is 82.3 Å². The maximum Gasteiger partial charge on any atom is 0.271 e. The highest BCUT2D eigenvalue weighted by Gasteiger charge is 2.28. The summed E-state index contributed by atoms with van der Waals surface area (Å²) in [6, 6.07) is 21.6. The minimum Gasteiger partial charge on any atom is -0.492 e. The van der Waals surface area contributed by atoms with E-state index in [1.165, 1.54) is 71.2 Å². The number of nitrogens with two attached hydrogens (primary N) is 1. The van der Waals surface area contributed by atoms with Crippen LogP contribution in [0.4, 0.5) is 20.3 Å². The third-order valence-corrected chi connectivity index (χ3v) is 10.8. The maximum absolute atomic E-state index is 15.5. The molecule has 0 bridgehead atoms. The van der Waals surface area contributed by atoms with Crippen LogP contribution in [-0.4, -0.2) is 56.6 Å². The van der Waals surface area contributed by atoms with Crippen LogP contribution >= 0.6 is 23.4 Å². The minimum absolute atomic E-state index is 0.00445. The lowest BCUT2D eigenvalue weighted by Crippen LogP contribution is -2.30. The fourth-order valence-corrected chi connectivity index (χ4v) is 7.59. The van der Waals surface area contributed by atoms with Crippen molar-refractivity contribution in [3.05, 3.63) is 148 Å². The van der Waals surface area contributed by atoms with E-state index >= 15 is 4.39 Å². The molecule has 9 aromatic rings. The van der Waals surface area contributed by atoms with Gasteiger partial charge < -0.3 is 20.5 Å². The Bertz CT molecular complexity index is 3270. The largest absolute Gasteiger partial charge is 0.492 e. The molecule has 0 atom stereocenters. The first-order valence-corrected chi connectivity index (χ1v) is 19.9. The van der Waals surface area contributed by atoms with E-state index < -0.39 is 28.7 Å². The molecule has 0 spiro atoms. The Morgan fingerprint density at radius 1 is 0.935 bits per heavy atom. The van der Waals surface area contributed by atoms with Crippen molar-refractivity contribution in [2.24, 2.45) is 7.05 Å². The molecule has 3 aromatic carbocycles. The monoisotopic (exact) mass is 869 g/mol. The lowest BCUT2D eigenvalue weighted by Gasteiger charge is -2.19. The summed E-state index contributed by atoms with van der Waals surface area (Å²) in [5, 5.41) is 22.3. The number of carbonyl (C=O) groups excluding carboxylic acids is 1. The third kappa shape index (κ3) is 7.63. The number of rotatable bonds is 11. The van der Waals surface area contributed by atoms with E-state index in [9.17, 15) is 14.0 Å². The van der Waals surface area contributed by atoms with Gasteiger partial charge in [-0.25, -0.2) is 13.8 Å². The zero-order chi connectivity index (χ0) is 43.1. The minimum atomic E-state index is -0.935. The number of nitrogen functional groups attached to an aromatic ring is 1. The fourth-order valence-electron chi connectivity index (χ4n) is 6.61. The van der Waals surface area contributed by atoms with E-state index in [1.54, 1.807) is 47.8 Å². The Kier molecular flexibility index (Phi) is 10.5. The van der Waals surface area contributed by atoms with Gasteiger partial charge in [-0.05, 0) is 85.4 Å². The Morgan fingerprint density at radius 2 is 1.77 bits per heavy atom. The summed E-state index contributed by atoms with van der Waals surface area (Å²) in [6.45, 7) is 1.72. The van der Waals surface area contributed by atoms with Gasteiger partial charge in [-0.3, -0.25) is 23.8 Å². The number of amides is 1. The second-order valence-corrected chi connectivity index (χ2v) is 15.0. The van der Waals surface area contributed by atoms with Crippen LogP contribution in [0, 0.1) is 11.6 Å². The highest BCUT2D eigenvalue weighted by Crippen LogP contribution is 2.39. The first kappa shape index (κ1) is 39.7.